The summed E-state index contributed by atoms with van der Waals surface area (Å²) in [5.74, 6) is -0.00723. The van der Waals surface area contributed by atoms with Crippen LogP contribution in [0.3, 0.4) is 0 Å². The number of carbonyl (C=O) groups is 1. The van der Waals surface area contributed by atoms with Gasteiger partial charge in [0.25, 0.3) is 0 Å². The summed E-state index contributed by atoms with van der Waals surface area (Å²) in [5.41, 5.74) is 6.74. The summed E-state index contributed by atoms with van der Waals surface area (Å²) in [7, 11) is 0. The molecule has 1 saturated carbocycles. The summed E-state index contributed by atoms with van der Waals surface area (Å²) in [6.07, 6.45) is 5.38. The van der Waals surface area contributed by atoms with Crippen LogP contribution in [-0.2, 0) is 4.79 Å². The molecule has 0 bridgehead atoms. The van der Waals surface area contributed by atoms with Crippen LogP contribution in [0, 0.1) is 5.41 Å². The minimum absolute atomic E-state index is 0. The minimum Gasteiger partial charge on any atom is -0.387 e. The molecule has 0 heterocycles. The highest BCUT2D eigenvalue weighted by molar-refractivity contribution is 5.85. The summed E-state index contributed by atoms with van der Waals surface area (Å²) in [5, 5.41) is 15.5. The van der Waals surface area contributed by atoms with Gasteiger partial charge in [0.05, 0.1) is 6.10 Å². The summed E-state index contributed by atoms with van der Waals surface area (Å²) in [6, 6.07) is 14.0. The second kappa shape index (κ2) is 9.36. The standard InChI is InChI=1S/C21H28N2O2.ClH/c22-15-21(10-4-1-5-11-21)13-20(25)23-14-19(24)18-9-8-16-6-2-3-7-17(16)12-18;/h2-3,6-9,12,19,24H,1,4-5,10-11,13-15,22H2,(H,23,25);1H. The van der Waals surface area contributed by atoms with E-state index in [0.29, 0.717) is 13.0 Å². The predicted molar refractivity (Wildman–Crippen MR) is 108 cm³/mol. The third kappa shape index (κ3) is 4.97. The Kier molecular flexibility index (Phi) is 7.44. The number of aliphatic hydroxyl groups excluding tert-OH is 1. The first-order valence-electron chi connectivity index (χ1n) is 9.25. The smallest absolute Gasteiger partial charge is 0.220 e. The quantitative estimate of drug-likeness (QED) is 0.719. The number of carbonyl (C=O) groups excluding carboxylic acids is 1. The number of aliphatic hydroxyl groups is 1. The van der Waals surface area contributed by atoms with E-state index >= 15 is 0 Å². The highest BCUT2D eigenvalue weighted by Crippen LogP contribution is 2.38. The second-order valence-electron chi connectivity index (χ2n) is 7.37. The first kappa shape index (κ1) is 20.7. The Balaban J connectivity index is 0.00000243. The SMILES string of the molecule is Cl.NCC1(CC(=O)NCC(O)c2ccc3ccccc3c2)CCCCC1. The maximum absolute atomic E-state index is 12.3. The molecule has 0 saturated heterocycles. The third-order valence-corrected chi connectivity index (χ3v) is 5.53. The van der Waals surface area contributed by atoms with Gasteiger partial charge in [-0.2, -0.15) is 0 Å². The van der Waals surface area contributed by atoms with Gasteiger partial charge < -0.3 is 16.2 Å². The van der Waals surface area contributed by atoms with Crippen molar-refractivity contribution in [1.82, 2.24) is 5.32 Å². The van der Waals surface area contributed by atoms with Crippen molar-refractivity contribution in [2.45, 2.75) is 44.6 Å². The Bertz CT molecular complexity index is 729. The summed E-state index contributed by atoms with van der Waals surface area (Å²) in [4.78, 5) is 12.3. The molecule has 1 fully saturated rings. The molecule has 142 valence electrons. The molecule has 0 aliphatic heterocycles. The maximum Gasteiger partial charge on any atom is 0.220 e. The van der Waals surface area contributed by atoms with Crippen molar-refractivity contribution >= 4 is 29.1 Å². The van der Waals surface area contributed by atoms with Gasteiger partial charge in [-0.25, -0.2) is 0 Å². The van der Waals surface area contributed by atoms with Gasteiger partial charge in [0.2, 0.25) is 5.91 Å². The van der Waals surface area contributed by atoms with Gasteiger partial charge >= 0.3 is 0 Å². The number of nitrogens with two attached hydrogens (primary N) is 1. The van der Waals surface area contributed by atoms with Crippen LogP contribution in [0.4, 0.5) is 0 Å². The lowest BCUT2D eigenvalue weighted by Crippen LogP contribution is -2.39. The fraction of sp³-hybridized carbons (Fsp3) is 0.476. The molecule has 4 nitrogen and oxygen atoms in total. The largest absolute Gasteiger partial charge is 0.387 e. The molecule has 0 radical (unpaired) electrons. The van der Waals surface area contributed by atoms with Crippen LogP contribution >= 0.6 is 12.4 Å². The van der Waals surface area contributed by atoms with E-state index < -0.39 is 6.10 Å². The molecule has 1 atom stereocenters. The third-order valence-electron chi connectivity index (χ3n) is 5.53. The topological polar surface area (TPSA) is 75.4 Å². The number of hydrogen-bond donors (Lipinski definition) is 3. The number of halogens is 1. The van der Waals surface area contributed by atoms with E-state index in [9.17, 15) is 9.90 Å². The van der Waals surface area contributed by atoms with Crippen molar-refractivity contribution in [2.24, 2.45) is 11.1 Å². The number of rotatable bonds is 6. The van der Waals surface area contributed by atoms with E-state index in [-0.39, 0.29) is 30.3 Å². The van der Waals surface area contributed by atoms with Gasteiger partial charge in [-0.1, -0.05) is 55.7 Å². The van der Waals surface area contributed by atoms with Gasteiger partial charge in [-0.05, 0) is 47.2 Å². The molecule has 3 rings (SSSR count). The first-order chi connectivity index (χ1) is 12.1. The molecule has 4 N–H and O–H groups in total. The molecule has 2 aromatic carbocycles. The Morgan fingerprint density at radius 3 is 2.50 bits per heavy atom. The lowest BCUT2D eigenvalue weighted by atomic mass is 9.71. The molecule has 1 amide bonds. The van der Waals surface area contributed by atoms with Crippen molar-refractivity contribution in [3.8, 4) is 0 Å². The molecule has 2 aromatic rings. The molecule has 1 unspecified atom stereocenters. The van der Waals surface area contributed by atoms with Crippen LogP contribution in [0.5, 0.6) is 0 Å². The van der Waals surface area contributed by atoms with Crippen LogP contribution in [0.25, 0.3) is 10.8 Å². The van der Waals surface area contributed by atoms with Crippen LogP contribution in [-0.4, -0.2) is 24.1 Å². The molecule has 1 aliphatic carbocycles. The van der Waals surface area contributed by atoms with Gasteiger partial charge in [0, 0.05) is 13.0 Å². The van der Waals surface area contributed by atoms with E-state index in [4.69, 9.17) is 5.73 Å². The minimum atomic E-state index is -0.700. The molecule has 0 spiro atoms. The first-order valence-corrected chi connectivity index (χ1v) is 9.25. The van der Waals surface area contributed by atoms with Crippen LogP contribution in [0.15, 0.2) is 42.5 Å². The zero-order chi connectivity index (χ0) is 17.7. The molecule has 1 aliphatic rings. The lowest BCUT2D eigenvalue weighted by Gasteiger charge is -2.35. The average Bonchev–Trinajstić information content (AvgIpc) is 2.66. The number of fused-ring (bicyclic) bond motifs is 1. The second-order valence-corrected chi connectivity index (χ2v) is 7.37. The van der Waals surface area contributed by atoms with Crippen molar-refractivity contribution in [2.75, 3.05) is 13.1 Å². The Labute approximate surface area is 161 Å². The zero-order valence-corrected chi connectivity index (χ0v) is 15.9. The molecular weight excluding hydrogens is 348 g/mol. The number of nitrogens with one attached hydrogen (secondary N) is 1. The van der Waals surface area contributed by atoms with Crippen LogP contribution < -0.4 is 11.1 Å². The van der Waals surface area contributed by atoms with Gasteiger partial charge in [-0.3, -0.25) is 4.79 Å². The Morgan fingerprint density at radius 2 is 1.81 bits per heavy atom. The molecule has 0 aromatic heterocycles. The Morgan fingerprint density at radius 1 is 1.12 bits per heavy atom. The number of amides is 1. The summed E-state index contributed by atoms with van der Waals surface area (Å²) in [6.45, 7) is 0.797. The summed E-state index contributed by atoms with van der Waals surface area (Å²) < 4.78 is 0. The zero-order valence-electron chi connectivity index (χ0n) is 15.1. The van der Waals surface area contributed by atoms with Crippen LogP contribution in [0.1, 0.15) is 50.2 Å². The van der Waals surface area contributed by atoms with Crippen molar-refractivity contribution in [1.29, 1.82) is 0 Å². The van der Waals surface area contributed by atoms with Crippen molar-refractivity contribution in [3.63, 3.8) is 0 Å². The monoisotopic (exact) mass is 376 g/mol. The highest BCUT2D eigenvalue weighted by atomic mass is 35.5. The molecule has 5 heteroatoms. The van der Waals surface area contributed by atoms with E-state index in [1.807, 2.05) is 42.5 Å². The lowest BCUT2D eigenvalue weighted by molar-refractivity contribution is -0.124. The predicted octanol–water partition coefficient (Wildman–Crippen LogP) is 3.71. The van der Waals surface area contributed by atoms with E-state index in [2.05, 4.69) is 5.32 Å². The Hall–Kier alpha value is -1.62. The van der Waals surface area contributed by atoms with Crippen LogP contribution in [0.2, 0.25) is 0 Å². The van der Waals surface area contributed by atoms with E-state index in [1.165, 1.54) is 6.42 Å². The molecule has 26 heavy (non-hydrogen) atoms. The van der Waals surface area contributed by atoms with E-state index in [0.717, 1.165) is 42.0 Å². The number of hydrogen-bond acceptors (Lipinski definition) is 3. The van der Waals surface area contributed by atoms with Gasteiger partial charge in [-0.15, -0.1) is 12.4 Å². The average molecular weight is 377 g/mol. The van der Waals surface area contributed by atoms with Crippen molar-refractivity contribution < 1.29 is 9.90 Å². The fourth-order valence-corrected chi connectivity index (χ4v) is 3.90. The van der Waals surface area contributed by atoms with Crippen molar-refractivity contribution in [3.05, 3.63) is 48.0 Å². The summed E-state index contributed by atoms with van der Waals surface area (Å²) >= 11 is 0. The fourth-order valence-electron chi connectivity index (χ4n) is 3.90. The highest BCUT2D eigenvalue weighted by Gasteiger charge is 2.32. The molecular formula is C21H29ClN2O2. The number of benzene rings is 2. The van der Waals surface area contributed by atoms with Gasteiger partial charge in [0.1, 0.15) is 0 Å². The maximum atomic E-state index is 12.3. The van der Waals surface area contributed by atoms with Gasteiger partial charge in [0.15, 0.2) is 0 Å². The normalized spacial score (nSPS) is 17.3. The van der Waals surface area contributed by atoms with E-state index in [1.54, 1.807) is 0 Å².